The molecule has 3 heteroatoms. The monoisotopic (exact) mass is 309 g/mol. The molecule has 1 fully saturated rings. The third-order valence-corrected chi connectivity index (χ3v) is 3.70. The summed E-state index contributed by atoms with van der Waals surface area (Å²) in [5.41, 5.74) is 0.813. The van der Waals surface area contributed by atoms with Crippen molar-refractivity contribution in [3.8, 4) is 0 Å². The SMILES string of the molecule is CC(C)CN(CC(=O)c1ccc(Br)cc1)C1CC1. The maximum Gasteiger partial charge on any atom is 0.176 e. The van der Waals surface area contributed by atoms with E-state index in [2.05, 4.69) is 34.7 Å². The van der Waals surface area contributed by atoms with Crippen LogP contribution in [0.25, 0.3) is 0 Å². The molecule has 0 spiro atoms. The van der Waals surface area contributed by atoms with Crippen LogP contribution < -0.4 is 0 Å². The lowest BCUT2D eigenvalue weighted by atomic mass is 10.1. The minimum atomic E-state index is 0.232. The average molecular weight is 310 g/mol. The van der Waals surface area contributed by atoms with Gasteiger partial charge in [0, 0.05) is 22.6 Å². The van der Waals surface area contributed by atoms with Crippen LogP contribution in [0.3, 0.4) is 0 Å². The number of halogens is 1. The molecule has 0 N–H and O–H groups in total. The van der Waals surface area contributed by atoms with Crippen molar-refractivity contribution in [1.29, 1.82) is 0 Å². The highest BCUT2D eigenvalue weighted by Gasteiger charge is 2.30. The smallest absolute Gasteiger partial charge is 0.176 e. The Balaban J connectivity index is 1.98. The molecule has 0 amide bonds. The first-order valence-electron chi connectivity index (χ1n) is 6.59. The molecule has 2 nitrogen and oxygen atoms in total. The largest absolute Gasteiger partial charge is 0.293 e. The zero-order chi connectivity index (χ0) is 13.1. The van der Waals surface area contributed by atoms with E-state index in [9.17, 15) is 4.79 Å². The summed E-state index contributed by atoms with van der Waals surface area (Å²) in [4.78, 5) is 14.6. The van der Waals surface area contributed by atoms with Crippen LogP contribution in [0.2, 0.25) is 0 Å². The third kappa shape index (κ3) is 3.92. The first-order chi connectivity index (χ1) is 8.56. The molecule has 1 saturated carbocycles. The highest BCUT2D eigenvalue weighted by molar-refractivity contribution is 9.10. The maximum absolute atomic E-state index is 12.2. The van der Waals surface area contributed by atoms with Gasteiger partial charge in [-0.05, 0) is 30.9 Å². The summed E-state index contributed by atoms with van der Waals surface area (Å²) >= 11 is 3.39. The van der Waals surface area contributed by atoms with Crippen molar-refractivity contribution in [2.45, 2.75) is 32.7 Å². The molecule has 0 bridgehead atoms. The molecule has 1 aliphatic carbocycles. The summed E-state index contributed by atoms with van der Waals surface area (Å²) in [6, 6.07) is 8.29. The Morgan fingerprint density at radius 2 is 1.94 bits per heavy atom. The van der Waals surface area contributed by atoms with Crippen molar-refractivity contribution in [3.05, 3.63) is 34.3 Å². The minimum absolute atomic E-state index is 0.232. The predicted molar refractivity (Wildman–Crippen MR) is 77.9 cm³/mol. The van der Waals surface area contributed by atoms with Crippen molar-refractivity contribution >= 4 is 21.7 Å². The average Bonchev–Trinajstić information content (AvgIpc) is 3.12. The molecule has 0 atom stereocenters. The minimum Gasteiger partial charge on any atom is -0.293 e. The van der Waals surface area contributed by atoms with Gasteiger partial charge in [0.25, 0.3) is 0 Å². The number of Topliss-reactive ketones (excluding diaryl/α,β-unsaturated/α-hetero) is 1. The Morgan fingerprint density at radius 1 is 1.33 bits per heavy atom. The van der Waals surface area contributed by atoms with Gasteiger partial charge in [0.1, 0.15) is 0 Å². The van der Waals surface area contributed by atoms with E-state index in [1.165, 1.54) is 12.8 Å². The Morgan fingerprint density at radius 3 is 2.44 bits per heavy atom. The second-order valence-electron chi connectivity index (χ2n) is 5.48. The number of ketones is 1. The van der Waals surface area contributed by atoms with Gasteiger partial charge in [-0.3, -0.25) is 9.69 Å². The molecule has 0 saturated heterocycles. The molecule has 1 aliphatic rings. The van der Waals surface area contributed by atoms with E-state index < -0.39 is 0 Å². The molecule has 18 heavy (non-hydrogen) atoms. The van der Waals surface area contributed by atoms with Gasteiger partial charge in [0.15, 0.2) is 5.78 Å². The van der Waals surface area contributed by atoms with Crippen molar-refractivity contribution in [2.24, 2.45) is 5.92 Å². The number of hydrogen-bond acceptors (Lipinski definition) is 2. The van der Waals surface area contributed by atoms with Crippen LogP contribution >= 0.6 is 15.9 Å². The topological polar surface area (TPSA) is 20.3 Å². The van der Waals surface area contributed by atoms with Gasteiger partial charge < -0.3 is 0 Å². The van der Waals surface area contributed by atoms with Crippen LogP contribution in [0.15, 0.2) is 28.7 Å². The van der Waals surface area contributed by atoms with Crippen LogP contribution in [0.1, 0.15) is 37.0 Å². The molecule has 0 aromatic heterocycles. The fourth-order valence-electron chi connectivity index (χ4n) is 2.16. The van der Waals surface area contributed by atoms with Crippen LogP contribution in [-0.2, 0) is 0 Å². The number of hydrogen-bond donors (Lipinski definition) is 0. The molecule has 1 aromatic carbocycles. The van der Waals surface area contributed by atoms with E-state index in [1.807, 2.05) is 24.3 Å². The van der Waals surface area contributed by atoms with Gasteiger partial charge >= 0.3 is 0 Å². The lowest BCUT2D eigenvalue weighted by Crippen LogP contribution is -2.34. The Hall–Kier alpha value is -0.670. The molecule has 2 rings (SSSR count). The van der Waals surface area contributed by atoms with E-state index in [0.717, 1.165) is 16.6 Å². The van der Waals surface area contributed by atoms with Crippen LogP contribution in [0, 0.1) is 5.92 Å². The molecule has 0 aliphatic heterocycles. The molecular weight excluding hydrogens is 290 g/mol. The second kappa shape index (κ2) is 5.98. The summed E-state index contributed by atoms with van der Waals surface area (Å²) < 4.78 is 1.01. The molecule has 0 heterocycles. The van der Waals surface area contributed by atoms with Gasteiger partial charge in [-0.1, -0.05) is 41.9 Å². The number of rotatable bonds is 6. The molecule has 1 aromatic rings. The zero-order valence-electron chi connectivity index (χ0n) is 11.0. The summed E-state index contributed by atoms with van der Waals surface area (Å²) in [5.74, 6) is 0.846. The van der Waals surface area contributed by atoms with Crippen molar-refractivity contribution in [3.63, 3.8) is 0 Å². The molecular formula is C15H20BrNO. The summed E-state index contributed by atoms with van der Waals surface area (Å²) in [7, 11) is 0. The van der Waals surface area contributed by atoms with Gasteiger partial charge in [-0.25, -0.2) is 0 Å². The van der Waals surface area contributed by atoms with E-state index in [1.54, 1.807) is 0 Å². The van der Waals surface area contributed by atoms with E-state index in [0.29, 0.717) is 18.5 Å². The number of nitrogens with zero attached hydrogens (tertiary/aromatic N) is 1. The summed E-state index contributed by atoms with van der Waals surface area (Å²) in [5, 5.41) is 0. The first-order valence-corrected chi connectivity index (χ1v) is 7.38. The fraction of sp³-hybridized carbons (Fsp3) is 0.533. The Kier molecular flexibility index (Phi) is 4.57. The maximum atomic E-state index is 12.2. The van der Waals surface area contributed by atoms with Crippen molar-refractivity contribution in [1.82, 2.24) is 4.90 Å². The lowest BCUT2D eigenvalue weighted by molar-refractivity contribution is 0.0915. The van der Waals surface area contributed by atoms with Crippen LogP contribution in [0.4, 0.5) is 0 Å². The lowest BCUT2D eigenvalue weighted by Gasteiger charge is -2.23. The zero-order valence-corrected chi connectivity index (χ0v) is 12.6. The summed E-state index contributed by atoms with van der Waals surface area (Å²) in [6.45, 7) is 6.00. The van der Waals surface area contributed by atoms with Crippen LogP contribution in [-0.4, -0.2) is 29.8 Å². The molecule has 0 unspecified atom stereocenters. The number of benzene rings is 1. The fourth-order valence-corrected chi connectivity index (χ4v) is 2.43. The predicted octanol–water partition coefficient (Wildman–Crippen LogP) is 3.75. The quantitative estimate of drug-likeness (QED) is 0.746. The Labute approximate surface area is 117 Å². The summed E-state index contributed by atoms with van der Waals surface area (Å²) in [6.07, 6.45) is 2.50. The van der Waals surface area contributed by atoms with E-state index in [-0.39, 0.29) is 5.78 Å². The van der Waals surface area contributed by atoms with Gasteiger partial charge in [0.05, 0.1) is 6.54 Å². The van der Waals surface area contributed by atoms with Gasteiger partial charge in [0.2, 0.25) is 0 Å². The van der Waals surface area contributed by atoms with E-state index >= 15 is 0 Å². The van der Waals surface area contributed by atoms with Gasteiger partial charge in [-0.2, -0.15) is 0 Å². The molecule has 98 valence electrons. The number of carbonyl (C=O) groups excluding carboxylic acids is 1. The molecule has 0 radical (unpaired) electrons. The van der Waals surface area contributed by atoms with Crippen molar-refractivity contribution in [2.75, 3.05) is 13.1 Å². The van der Waals surface area contributed by atoms with Crippen LogP contribution in [0.5, 0.6) is 0 Å². The number of carbonyl (C=O) groups is 1. The highest BCUT2D eigenvalue weighted by Crippen LogP contribution is 2.27. The van der Waals surface area contributed by atoms with E-state index in [4.69, 9.17) is 0 Å². The van der Waals surface area contributed by atoms with Gasteiger partial charge in [-0.15, -0.1) is 0 Å². The Bertz CT molecular complexity index is 409. The second-order valence-corrected chi connectivity index (χ2v) is 6.40. The standard InChI is InChI=1S/C15H20BrNO/c1-11(2)9-17(14-7-8-14)10-15(18)12-3-5-13(16)6-4-12/h3-6,11,14H,7-10H2,1-2H3. The normalized spacial score (nSPS) is 15.4. The highest BCUT2D eigenvalue weighted by atomic mass is 79.9. The van der Waals surface area contributed by atoms with Crippen molar-refractivity contribution < 1.29 is 4.79 Å². The third-order valence-electron chi connectivity index (χ3n) is 3.18. The first kappa shape index (κ1) is 13.8.